The molecule has 6 nitrogen and oxygen atoms in total. The summed E-state index contributed by atoms with van der Waals surface area (Å²) in [5, 5.41) is 11.0. The first-order chi connectivity index (χ1) is 12.7. The van der Waals surface area contributed by atoms with E-state index in [0.29, 0.717) is 5.92 Å². The molecule has 0 fully saturated rings. The van der Waals surface area contributed by atoms with Crippen LogP contribution in [0.5, 0.6) is 5.75 Å². The molecular weight excluding hydrogens is 473 g/mol. The lowest BCUT2D eigenvalue weighted by Gasteiger charge is -2.16. The van der Waals surface area contributed by atoms with Crippen molar-refractivity contribution in [2.75, 3.05) is 33.0 Å². The maximum absolute atomic E-state index is 5.40. The minimum absolute atomic E-state index is 0. The topological polar surface area (TPSA) is 63.5 Å². The molecule has 2 aromatic rings. The first kappa shape index (κ1) is 23.6. The Bertz CT molecular complexity index is 666. The quantitative estimate of drug-likeness (QED) is 0.171. The zero-order valence-corrected chi connectivity index (χ0v) is 19.4. The first-order valence-corrected chi connectivity index (χ1v) is 9.89. The van der Waals surface area contributed by atoms with Crippen molar-refractivity contribution in [1.82, 2.24) is 20.4 Å². The number of nitrogens with one attached hydrogen (secondary N) is 2. The van der Waals surface area contributed by atoms with E-state index in [9.17, 15) is 0 Å². The number of hydrogen-bond acceptors (Lipinski definition) is 4. The number of halogens is 1. The van der Waals surface area contributed by atoms with Crippen LogP contribution in [0.4, 0.5) is 0 Å². The second-order valence-corrected chi connectivity index (χ2v) is 7.13. The molecule has 0 aliphatic carbocycles. The molecule has 2 N–H and O–H groups in total. The smallest absolute Gasteiger partial charge is 0.190 e. The van der Waals surface area contributed by atoms with Gasteiger partial charge in [-0.15, -0.1) is 35.7 Å². The van der Waals surface area contributed by atoms with E-state index in [1.54, 1.807) is 20.4 Å². The molecule has 150 valence electrons. The summed E-state index contributed by atoms with van der Waals surface area (Å²) in [5.74, 6) is 3.31. The molecule has 27 heavy (non-hydrogen) atoms. The van der Waals surface area contributed by atoms with Gasteiger partial charge in [0.05, 0.1) is 7.11 Å². The summed E-state index contributed by atoms with van der Waals surface area (Å²) in [4.78, 5) is 5.47. The molecule has 0 saturated heterocycles. The van der Waals surface area contributed by atoms with Crippen molar-refractivity contribution in [2.24, 2.45) is 10.9 Å². The lowest BCUT2D eigenvalue weighted by atomic mass is 10.2. The highest BCUT2D eigenvalue weighted by atomic mass is 127. The molecule has 0 radical (unpaired) electrons. The van der Waals surface area contributed by atoms with Gasteiger partial charge in [-0.2, -0.15) is 5.10 Å². The number of thioether (sulfide) groups is 1. The second kappa shape index (κ2) is 13.7. The van der Waals surface area contributed by atoms with Gasteiger partial charge >= 0.3 is 0 Å². The predicted octanol–water partition coefficient (Wildman–Crippen LogP) is 3.49. The van der Waals surface area contributed by atoms with Gasteiger partial charge in [-0.3, -0.25) is 9.67 Å². The van der Waals surface area contributed by atoms with Gasteiger partial charge in [0, 0.05) is 49.7 Å². The number of aromatic nitrogens is 2. The predicted molar refractivity (Wildman–Crippen MR) is 125 cm³/mol. The van der Waals surface area contributed by atoms with Gasteiger partial charge in [0.2, 0.25) is 0 Å². The normalized spacial score (nSPS) is 12.2. The molecule has 1 heterocycles. The Kier molecular flexibility index (Phi) is 12.0. The van der Waals surface area contributed by atoms with E-state index in [1.807, 2.05) is 46.9 Å². The van der Waals surface area contributed by atoms with Crippen LogP contribution >= 0.6 is 35.7 Å². The molecule has 0 bridgehead atoms. The second-order valence-electron chi connectivity index (χ2n) is 6.07. The van der Waals surface area contributed by atoms with Crippen LogP contribution in [0, 0.1) is 5.92 Å². The monoisotopic (exact) mass is 503 g/mol. The number of hydrogen-bond donors (Lipinski definition) is 2. The van der Waals surface area contributed by atoms with Crippen molar-refractivity contribution in [3.63, 3.8) is 0 Å². The van der Waals surface area contributed by atoms with Crippen molar-refractivity contribution in [3.8, 4) is 5.75 Å². The fraction of sp³-hybridized carbons (Fsp3) is 0.474. The number of methoxy groups -OCH3 is 1. The first-order valence-electron chi connectivity index (χ1n) is 8.90. The van der Waals surface area contributed by atoms with Crippen LogP contribution < -0.4 is 15.4 Å². The average molecular weight is 503 g/mol. The van der Waals surface area contributed by atoms with Crippen LogP contribution in [0.2, 0.25) is 0 Å². The molecule has 1 aromatic heterocycles. The van der Waals surface area contributed by atoms with Gasteiger partial charge < -0.3 is 15.4 Å². The Morgan fingerprint density at radius 3 is 2.81 bits per heavy atom. The molecule has 0 saturated carbocycles. The fourth-order valence-electron chi connectivity index (χ4n) is 2.40. The van der Waals surface area contributed by atoms with Crippen LogP contribution in [0.15, 0.2) is 52.6 Å². The average Bonchev–Trinajstić information content (AvgIpc) is 3.19. The van der Waals surface area contributed by atoms with Crippen LogP contribution in [0.3, 0.4) is 0 Å². The van der Waals surface area contributed by atoms with Crippen LogP contribution in [0.1, 0.15) is 13.3 Å². The van der Waals surface area contributed by atoms with Crippen molar-refractivity contribution in [1.29, 1.82) is 0 Å². The molecule has 1 aromatic carbocycles. The van der Waals surface area contributed by atoms with Gasteiger partial charge in [0.15, 0.2) is 5.96 Å². The SMILES string of the molecule is CN=C(NCCCn1cccn1)NCC(C)CSc1ccccc1OC.I. The zero-order chi connectivity index (χ0) is 18.6. The highest BCUT2D eigenvalue weighted by Gasteiger charge is 2.08. The number of ether oxygens (including phenoxy) is 1. The summed E-state index contributed by atoms with van der Waals surface area (Å²) < 4.78 is 7.34. The molecular formula is C19H30IN5OS. The van der Waals surface area contributed by atoms with E-state index in [4.69, 9.17) is 4.74 Å². The number of aryl methyl sites for hydroxylation is 1. The third-order valence-corrected chi connectivity index (χ3v) is 5.23. The molecule has 8 heteroatoms. The maximum atomic E-state index is 5.40. The summed E-state index contributed by atoms with van der Waals surface area (Å²) in [6.07, 6.45) is 4.79. The molecule has 0 aliphatic rings. The standard InChI is InChI=1S/C19H29N5OS.HI/c1-16(15-26-18-9-5-4-8-17(18)25-3)14-22-19(20-2)21-10-6-12-24-13-7-11-23-24;/h4-5,7-9,11,13,16H,6,10,12,14-15H2,1-3H3,(H2,20,21,22);1H. The highest BCUT2D eigenvalue weighted by Crippen LogP contribution is 2.29. The van der Waals surface area contributed by atoms with Crippen molar-refractivity contribution >= 4 is 41.7 Å². The molecule has 2 rings (SSSR count). The van der Waals surface area contributed by atoms with E-state index in [0.717, 1.165) is 43.5 Å². The van der Waals surface area contributed by atoms with Crippen molar-refractivity contribution < 1.29 is 4.74 Å². The van der Waals surface area contributed by atoms with Gasteiger partial charge in [-0.25, -0.2) is 0 Å². The number of guanidine groups is 1. The number of aliphatic imine (C=N–C) groups is 1. The lowest BCUT2D eigenvalue weighted by molar-refractivity contribution is 0.405. The molecule has 0 amide bonds. The zero-order valence-electron chi connectivity index (χ0n) is 16.2. The Labute approximate surface area is 183 Å². The molecule has 0 spiro atoms. The van der Waals surface area contributed by atoms with E-state index < -0.39 is 0 Å². The Morgan fingerprint density at radius 1 is 1.30 bits per heavy atom. The van der Waals surface area contributed by atoms with Crippen LogP contribution in [-0.2, 0) is 6.54 Å². The maximum Gasteiger partial charge on any atom is 0.190 e. The summed E-state index contributed by atoms with van der Waals surface area (Å²) in [6, 6.07) is 10.1. The lowest BCUT2D eigenvalue weighted by Crippen LogP contribution is -2.40. The number of rotatable bonds is 10. The van der Waals surface area contributed by atoms with Gasteiger partial charge in [-0.05, 0) is 30.5 Å². The molecule has 1 atom stereocenters. The third kappa shape index (κ3) is 8.87. The summed E-state index contributed by atoms with van der Waals surface area (Å²) >= 11 is 1.82. The van der Waals surface area contributed by atoms with E-state index in [1.165, 1.54) is 4.90 Å². The minimum Gasteiger partial charge on any atom is -0.496 e. The third-order valence-electron chi connectivity index (χ3n) is 3.85. The van der Waals surface area contributed by atoms with Crippen LogP contribution in [-0.4, -0.2) is 48.7 Å². The van der Waals surface area contributed by atoms with E-state index in [2.05, 4.69) is 33.7 Å². The summed E-state index contributed by atoms with van der Waals surface area (Å²) in [7, 11) is 3.52. The van der Waals surface area contributed by atoms with Crippen molar-refractivity contribution in [3.05, 3.63) is 42.7 Å². The number of para-hydroxylation sites is 1. The van der Waals surface area contributed by atoms with Gasteiger partial charge in [0.1, 0.15) is 5.75 Å². The van der Waals surface area contributed by atoms with Crippen LogP contribution in [0.25, 0.3) is 0 Å². The Morgan fingerprint density at radius 2 is 2.11 bits per heavy atom. The molecule has 1 unspecified atom stereocenters. The summed E-state index contributed by atoms with van der Waals surface area (Å²) in [6.45, 7) is 4.88. The Hall–Kier alpha value is -1.42. The number of benzene rings is 1. The summed E-state index contributed by atoms with van der Waals surface area (Å²) in [5.41, 5.74) is 0. The van der Waals surface area contributed by atoms with E-state index >= 15 is 0 Å². The van der Waals surface area contributed by atoms with Crippen molar-refractivity contribution in [2.45, 2.75) is 24.8 Å². The van der Waals surface area contributed by atoms with Gasteiger partial charge in [0.25, 0.3) is 0 Å². The van der Waals surface area contributed by atoms with Gasteiger partial charge in [-0.1, -0.05) is 19.1 Å². The van der Waals surface area contributed by atoms with E-state index in [-0.39, 0.29) is 24.0 Å². The fourth-order valence-corrected chi connectivity index (χ4v) is 3.45. The minimum atomic E-state index is 0. The highest BCUT2D eigenvalue weighted by molar-refractivity contribution is 14.0. The number of nitrogens with zero attached hydrogens (tertiary/aromatic N) is 3. The largest absolute Gasteiger partial charge is 0.496 e. The Balaban J connectivity index is 0.00000364. The molecule has 0 aliphatic heterocycles.